The fraction of sp³-hybridized carbons (Fsp3) is 0.800. The van der Waals surface area contributed by atoms with Crippen molar-refractivity contribution >= 4 is 5.97 Å². The third-order valence-corrected chi connectivity index (χ3v) is 1.83. The first kappa shape index (κ1) is 16.3. The molecule has 0 aromatic rings. The summed E-state index contributed by atoms with van der Waals surface area (Å²) in [6, 6.07) is 0. The molecule has 0 saturated heterocycles. The number of hydrogen-bond donors (Lipinski definition) is 1. The van der Waals surface area contributed by atoms with Crippen LogP contribution in [0.3, 0.4) is 0 Å². The molecule has 0 amide bonds. The summed E-state index contributed by atoms with van der Waals surface area (Å²) in [4.78, 5) is 10.1. The molecule has 0 aromatic heterocycles. The first-order valence-electron chi connectivity index (χ1n) is 4.80. The second-order valence-corrected chi connectivity index (χ2v) is 3.09. The molecule has 0 atom stereocenters. The van der Waals surface area contributed by atoms with Crippen molar-refractivity contribution in [1.29, 1.82) is 0 Å². The predicted molar refractivity (Wildman–Crippen MR) is 49.9 cm³/mol. The van der Waals surface area contributed by atoms with Crippen LogP contribution in [0.5, 0.6) is 0 Å². The molecule has 13 heavy (non-hydrogen) atoms. The van der Waals surface area contributed by atoms with E-state index >= 15 is 0 Å². The molecule has 0 spiro atoms. The molecule has 0 aliphatic rings. The number of carbonyl (C=O) groups is 1. The van der Waals surface area contributed by atoms with Crippen LogP contribution in [-0.4, -0.2) is 11.1 Å². The number of carboxylic acids is 1. The Balaban J connectivity index is 0. The Hall–Kier alpha value is 0.821. The Bertz CT molecular complexity index is 115. The van der Waals surface area contributed by atoms with Gasteiger partial charge in [0.05, 0.1) is 0 Å². The Morgan fingerprint density at radius 3 is 2.38 bits per heavy atom. The van der Waals surface area contributed by atoms with Gasteiger partial charge in [0.15, 0.2) is 0 Å². The van der Waals surface area contributed by atoms with Gasteiger partial charge in [-0.2, -0.15) is 6.42 Å². The molecule has 1 N–H and O–H groups in total. The van der Waals surface area contributed by atoms with Crippen molar-refractivity contribution in [3.63, 3.8) is 0 Å². The third kappa shape index (κ3) is 15.6. The summed E-state index contributed by atoms with van der Waals surface area (Å²) in [5.74, 6) is -0.719. The standard InChI is InChI=1S/C10H19O2.Nd/c1-2-3-4-5-6-7-8-9-10(11)12;/h8H,2-7,9H2,1H3,(H,11,12);/q-1;. The Labute approximate surface area is 114 Å². The monoisotopic (exact) mass is 313 g/mol. The summed E-state index contributed by atoms with van der Waals surface area (Å²) in [5.41, 5.74) is 0. The van der Waals surface area contributed by atoms with Crippen molar-refractivity contribution in [2.75, 3.05) is 0 Å². The molecule has 0 bridgehead atoms. The molecule has 0 aromatic carbocycles. The van der Waals surface area contributed by atoms with Crippen molar-refractivity contribution in [3.05, 3.63) is 6.42 Å². The van der Waals surface area contributed by atoms with Crippen LogP contribution in [0.15, 0.2) is 0 Å². The zero-order chi connectivity index (χ0) is 9.23. The van der Waals surface area contributed by atoms with Gasteiger partial charge in [-0.15, -0.1) is 0 Å². The minimum Gasteiger partial charge on any atom is -0.483 e. The first-order chi connectivity index (χ1) is 5.77. The molecule has 0 heterocycles. The zero-order valence-corrected chi connectivity index (χ0v) is 11.6. The molecule has 3 heteroatoms. The van der Waals surface area contributed by atoms with Crippen molar-refractivity contribution in [2.24, 2.45) is 0 Å². The number of aliphatic carboxylic acids is 1. The molecular weight excluding hydrogens is 296 g/mol. The van der Waals surface area contributed by atoms with Gasteiger partial charge in [0.1, 0.15) is 0 Å². The van der Waals surface area contributed by atoms with E-state index in [0.717, 1.165) is 12.8 Å². The average molecular weight is 316 g/mol. The van der Waals surface area contributed by atoms with Gasteiger partial charge in [-0.1, -0.05) is 45.4 Å². The van der Waals surface area contributed by atoms with Crippen molar-refractivity contribution in [1.82, 2.24) is 0 Å². The molecular formula is C10H19NdO2-. The zero-order valence-electron chi connectivity index (χ0n) is 8.38. The van der Waals surface area contributed by atoms with Crippen LogP contribution in [0.4, 0.5) is 0 Å². The van der Waals surface area contributed by atoms with E-state index in [1.807, 2.05) is 6.42 Å². The second kappa shape index (κ2) is 12.8. The van der Waals surface area contributed by atoms with E-state index in [4.69, 9.17) is 5.11 Å². The molecule has 76 valence electrons. The van der Waals surface area contributed by atoms with Crippen molar-refractivity contribution < 1.29 is 50.7 Å². The van der Waals surface area contributed by atoms with Crippen LogP contribution < -0.4 is 0 Å². The van der Waals surface area contributed by atoms with Crippen LogP contribution >= 0.6 is 0 Å². The van der Waals surface area contributed by atoms with Gasteiger partial charge < -0.3 is 11.5 Å². The van der Waals surface area contributed by atoms with Crippen LogP contribution in [0.25, 0.3) is 0 Å². The number of unbranched alkanes of at least 4 members (excludes halogenated alkanes) is 6. The Morgan fingerprint density at radius 2 is 1.85 bits per heavy atom. The maximum atomic E-state index is 10.1. The van der Waals surface area contributed by atoms with E-state index in [-0.39, 0.29) is 47.3 Å². The Kier molecular flexibility index (Phi) is 16.0. The van der Waals surface area contributed by atoms with Gasteiger partial charge >= 0.3 is 0 Å². The normalized spacial score (nSPS) is 9.31. The van der Waals surface area contributed by atoms with E-state index < -0.39 is 5.97 Å². The molecule has 0 saturated carbocycles. The second-order valence-electron chi connectivity index (χ2n) is 3.09. The fourth-order valence-corrected chi connectivity index (χ4v) is 1.12. The van der Waals surface area contributed by atoms with E-state index in [9.17, 15) is 4.79 Å². The molecule has 0 unspecified atom stereocenters. The molecule has 2 nitrogen and oxygen atoms in total. The SMILES string of the molecule is CCCCCCC[CH-]CC(=O)O.[Nd]. The molecule has 0 fully saturated rings. The predicted octanol–water partition coefficient (Wildman–Crippen LogP) is 3.03. The summed E-state index contributed by atoms with van der Waals surface area (Å²) >= 11 is 0. The van der Waals surface area contributed by atoms with Gasteiger partial charge in [-0.3, -0.25) is 4.79 Å². The van der Waals surface area contributed by atoms with E-state index in [1.54, 1.807) is 0 Å². The third-order valence-electron chi connectivity index (χ3n) is 1.83. The summed E-state index contributed by atoms with van der Waals surface area (Å²) in [6.45, 7) is 2.19. The summed E-state index contributed by atoms with van der Waals surface area (Å²) in [7, 11) is 0. The quantitative estimate of drug-likeness (QED) is 0.552. The van der Waals surface area contributed by atoms with Gasteiger partial charge in [0.25, 0.3) is 5.97 Å². The van der Waals surface area contributed by atoms with Gasteiger partial charge in [-0.05, 0) is 0 Å². The molecule has 0 rings (SSSR count). The van der Waals surface area contributed by atoms with E-state index in [0.29, 0.717) is 0 Å². The summed E-state index contributed by atoms with van der Waals surface area (Å²) < 4.78 is 0. The fourth-order valence-electron chi connectivity index (χ4n) is 1.12. The first-order valence-corrected chi connectivity index (χ1v) is 4.80. The molecule has 0 aliphatic heterocycles. The maximum Gasteiger partial charge on any atom is 0.273 e. The van der Waals surface area contributed by atoms with Gasteiger partial charge in [0, 0.05) is 40.8 Å². The van der Waals surface area contributed by atoms with E-state index in [2.05, 4.69) is 6.92 Å². The van der Waals surface area contributed by atoms with Gasteiger partial charge in [0.2, 0.25) is 0 Å². The summed E-state index contributed by atoms with van der Waals surface area (Å²) in [5, 5.41) is 8.32. The van der Waals surface area contributed by atoms with E-state index in [1.165, 1.54) is 25.7 Å². The molecule has 0 aliphatic carbocycles. The van der Waals surface area contributed by atoms with Crippen LogP contribution in [0.2, 0.25) is 0 Å². The maximum absolute atomic E-state index is 10.1. The van der Waals surface area contributed by atoms with Crippen LogP contribution in [0.1, 0.15) is 51.9 Å². The smallest absolute Gasteiger partial charge is 0.273 e. The Morgan fingerprint density at radius 1 is 1.23 bits per heavy atom. The number of hydrogen-bond acceptors (Lipinski definition) is 1. The molecule has 0 radical (unpaired) electrons. The minimum atomic E-state index is -0.719. The van der Waals surface area contributed by atoms with Crippen molar-refractivity contribution in [2.45, 2.75) is 51.9 Å². The minimum absolute atomic E-state index is 0. The topological polar surface area (TPSA) is 37.3 Å². The van der Waals surface area contributed by atoms with Crippen molar-refractivity contribution in [3.8, 4) is 0 Å². The number of carboxylic acid groups (broad SMARTS) is 1. The number of rotatable bonds is 8. The van der Waals surface area contributed by atoms with Crippen LogP contribution in [0, 0.1) is 47.3 Å². The van der Waals surface area contributed by atoms with Crippen LogP contribution in [-0.2, 0) is 4.79 Å². The summed E-state index contributed by atoms with van der Waals surface area (Å²) in [6.07, 6.45) is 9.27. The average Bonchev–Trinajstić information content (AvgIpc) is 2.02. The largest absolute Gasteiger partial charge is 0.483 e. The van der Waals surface area contributed by atoms with Gasteiger partial charge in [-0.25, -0.2) is 0 Å².